The van der Waals surface area contributed by atoms with Crippen LogP contribution in [-0.2, 0) is 14.8 Å². The Morgan fingerprint density at radius 1 is 1.09 bits per heavy atom. The number of anilines is 1. The largest absolute Gasteiger partial charge is 0.450 e. The van der Waals surface area contributed by atoms with Crippen LogP contribution in [0.25, 0.3) is 10.2 Å². The van der Waals surface area contributed by atoms with E-state index in [2.05, 4.69) is 30.2 Å². The molecule has 0 bridgehead atoms. The number of amides is 2. The fraction of sp³-hybridized carbons (Fsp3) is 0.375. The molecule has 9 nitrogen and oxygen atoms in total. The number of piperazine rings is 1. The highest BCUT2D eigenvalue weighted by molar-refractivity contribution is 7.89. The molecule has 186 valence electrons. The van der Waals surface area contributed by atoms with Crippen LogP contribution >= 0.6 is 11.3 Å². The standard InChI is InChI=1S/C24H28N4O5S2/c1-4-33-24(30)27-11-13-28(14-12-27)35(31,32)19-8-5-17(6-9-19)22(29)26-23-25-20-10-7-18(16(2)3)15-21(20)34-23/h5-10,15-16H,4,11-14H2,1-3H3,(H,25,26,29). The number of nitrogens with one attached hydrogen (secondary N) is 1. The van der Waals surface area contributed by atoms with Crippen LogP contribution in [0.5, 0.6) is 0 Å². The number of ether oxygens (including phenoxy) is 1. The van der Waals surface area contributed by atoms with Gasteiger partial charge in [-0.2, -0.15) is 4.31 Å². The third kappa shape index (κ3) is 5.47. The molecular formula is C24H28N4O5S2. The molecule has 1 aliphatic rings. The van der Waals surface area contributed by atoms with Crippen molar-refractivity contribution in [2.24, 2.45) is 0 Å². The van der Waals surface area contributed by atoms with Crippen LogP contribution < -0.4 is 5.32 Å². The van der Waals surface area contributed by atoms with Crippen molar-refractivity contribution in [3.63, 3.8) is 0 Å². The van der Waals surface area contributed by atoms with Gasteiger partial charge in [0.1, 0.15) is 0 Å². The zero-order valence-corrected chi connectivity index (χ0v) is 21.5. The van der Waals surface area contributed by atoms with Gasteiger partial charge in [0.05, 0.1) is 21.7 Å². The Morgan fingerprint density at radius 3 is 2.40 bits per heavy atom. The van der Waals surface area contributed by atoms with Gasteiger partial charge in [0, 0.05) is 31.7 Å². The molecule has 3 aromatic rings. The number of nitrogens with zero attached hydrogens (tertiary/aromatic N) is 3. The summed E-state index contributed by atoms with van der Waals surface area (Å²) in [5.74, 6) is 0.0379. The molecule has 1 fully saturated rings. The molecule has 2 aromatic carbocycles. The number of benzene rings is 2. The molecule has 35 heavy (non-hydrogen) atoms. The first-order valence-corrected chi connectivity index (χ1v) is 13.7. The van der Waals surface area contributed by atoms with E-state index in [1.807, 2.05) is 12.1 Å². The summed E-state index contributed by atoms with van der Waals surface area (Å²) in [6, 6.07) is 11.9. The van der Waals surface area contributed by atoms with E-state index in [1.54, 1.807) is 6.92 Å². The summed E-state index contributed by atoms with van der Waals surface area (Å²) in [6.07, 6.45) is -0.437. The van der Waals surface area contributed by atoms with Crippen molar-refractivity contribution in [2.45, 2.75) is 31.6 Å². The van der Waals surface area contributed by atoms with E-state index >= 15 is 0 Å². The maximum Gasteiger partial charge on any atom is 0.409 e. The van der Waals surface area contributed by atoms with Gasteiger partial charge in [-0.3, -0.25) is 10.1 Å². The van der Waals surface area contributed by atoms with Crippen molar-refractivity contribution < 1.29 is 22.7 Å². The quantitative estimate of drug-likeness (QED) is 0.528. The van der Waals surface area contributed by atoms with E-state index in [0.29, 0.717) is 16.6 Å². The van der Waals surface area contributed by atoms with Crippen LogP contribution in [0.1, 0.15) is 42.6 Å². The Morgan fingerprint density at radius 2 is 1.77 bits per heavy atom. The van der Waals surface area contributed by atoms with E-state index in [-0.39, 0.29) is 43.6 Å². The monoisotopic (exact) mass is 516 g/mol. The van der Waals surface area contributed by atoms with Gasteiger partial charge in [0.25, 0.3) is 5.91 Å². The third-order valence-electron chi connectivity index (χ3n) is 5.82. The molecule has 2 heterocycles. The molecule has 0 unspecified atom stereocenters. The molecule has 1 aromatic heterocycles. The lowest BCUT2D eigenvalue weighted by Gasteiger charge is -2.33. The first-order chi connectivity index (χ1) is 16.7. The minimum absolute atomic E-state index is 0.0971. The second-order valence-electron chi connectivity index (χ2n) is 8.47. The highest BCUT2D eigenvalue weighted by atomic mass is 32.2. The second kappa shape index (κ2) is 10.3. The van der Waals surface area contributed by atoms with Crippen molar-refractivity contribution in [1.82, 2.24) is 14.2 Å². The molecule has 1 N–H and O–H groups in total. The minimum atomic E-state index is -3.74. The lowest BCUT2D eigenvalue weighted by molar-refractivity contribution is 0.0933. The number of fused-ring (bicyclic) bond motifs is 1. The number of carbonyl (C=O) groups excluding carboxylic acids is 2. The maximum atomic E-state index is 13.0. The smallest absolute Gasteiger partial charge is 0.409 e. The van der Waals surface area contributed by atoms with E-state index < -0.39 is 16.1 Å². The number of rotatable bonds is 6. The predicted octanol–water partition coefficient (Wildman–Crippen LogP) is 4.13. The Labute approximate surface area is 208 Å². The first kappa shape index (κ1) is 25.1. The van der Waals surface area contributed by atoms with Gasteiger partial charge in [-0.15, -0.1) is 0 Å². The van der Waals surface area contributed by atoms with Crippen molar-refractivity contribution >= 4 is 48.7 Å². The van der Waals surface area contributed by atoms with Crippen LogP contribution in [-0.4, -0.2) is 67.4 Å². The Balaban J connectivity index is 1.41. The molecule has 0 atom stereocenters. The number of carbonyl (C=O) groups is 2. The van der Waals surface area contributed by atoms with Crippen LogP contribution in [0, 0.1) is 0 Å². The lowest BCUT2D eigenvalue weighted by atomic mass is 10.0. The summed E-state index contributed by atoms with van der Waals surface area (Å²) >= 11 is 1.40. The second-order valence-corrected chi connectivity index (χ2v) is 11.4. The lowest BCUT2D eigenvalue weighted by Crippen LogP contribution is -2.50. The molecule has 1 aliphatic heterocycles. The Bertz CT molecular complexity index is 1330. The summed E-state index contributed by atoms with van der Waals surface area (Å²) in [5.41, 5.74) is 2.36. The van der Waals surface area contributed by atoms with Gasteiger partial charge in [0.15, 0.2) is 5.13 Å². The number of hydrogen-bond acceptors (Lipinski definition) is 7. The van der Waals surface area contributed by atoms with Gasteiger partial charge in [-0.25, -0.2) is 18.2 Å². The topological polar surface area (TPSA) is 109 Å². The molecule has 0 spiro atoms. The molecule has 11 heteroatoms. The summed E-state index contributed by atoms with van der Waals surface area (Å²) in [4.78, 5) is 30.6. The minimum Gasteiger partial charge on any atom is -0.450 e. The normalized spacial score (nSPS) is 14.9. The fourth-order valence-corrected chi connectivity index (χ4v) is 6.11. The summed E-state index contributed by atoms with van der Waals surface area (Å²) < 4.78 is 33.3. The van der Waals surface area contributed by atoms with Gasteiger partial charge in [0.2, 0.25) is 10.0 Å². The van der Waals surface area contributed by atoms with Gasteiger partial charge in [-0.05, 0) is 54.8 Å². The fourth-order valence-electron chi connectivity index (χ4n) is 3.78. The van der Waals surface area contributed by atoms with Gasteiger partial charge >= 0.3 is 6.09 Å². The van der Waals surface area contributed by atoms with Crippen LogP contribution in [0.3, 0.4) is 0 Å². The average molecular weight is 517 g/mol. The summed E-state index contributed by atoms with van der Waals surface area (Å²) in [7, 11) is -3.74. The molecule has 0 saturated carbocycles. The summed E-state index contributed by atoms with van der Waals surface area (Å²) in [5, 5.41) is 3.29. The van der Waals surface area contributed by atoms with E-state index in [1.165, 1.54) is 50.4 Å². The number of thiazole rings is 1. The molecule has 2 amide bonds. The summed E-state index contributed by atoms with van der Waals surface area (Å²) in [6.45, 7) is 7.13. The Hall–Kier alpha value is -3.02. The number of aromatic nitrogens is 1. The zero-order valence-electron chi connectivity index (χ0n) is 19.9. The maximum absolute atomic E-state index is 13.0. The first-order valence-electron chi connectivity index (χ1n) is 11.4. The number of sulfonamides is 1. The zero-order chi connectivity index (χ0) is 25.2. The molecular weight excluding hydrogens is 488 g/mol. The van der Waals surface area contributed by atoms with Crippen LogP contribution in [0.2, 0.25) is 0 Å². The van der Waals surface area contributed by atoms with Gasteiger partial charge < -0.3 is 9.64 Å². The third-order valence-corrected chi connectivity index (χ3v) is 8.67. The van der Waals surface area contributed by atoms with Crippen molar-refractivity contribution in [3.8, 4) is 0 Å². The van der Waals surface area contributed by atoms with Crippen LogP contribution in [0.4, 0.5) is 9.93 Å². The SMILES string of the molecule is CCOC(=O)N1CCN(S(=O)(=O)c2ccc(C(=O)Nc3nc4ccc(C(C)C)cc4s3)cc2)CC1. The van der Waals surface area contributed by atoms with E-state index in [0.717, 1.165) is 10.2 Å². The Kier molecular flexibility index (Phi) is 7.39. The van der Waals surface area contributed by atoms with E-state index in [9.17, 15) is 18.0 Å². The molecule has 0 radical (unpaired) electrons. The predicted molar refractivity (Wildman–Crippen MR) is 135 cm³/mol. The van der Waals surface area contributed by atoms with Crippen LogP contribution in [0.15, 0.2) is 47.4 Å². The van der Waals surface area contributed by atoms with Gasteiger partial charge in [-0.1, -0.05) is 31.3 Å². The highest BCUT2D eigenvalue weighted by Gasteiger charge is 2.30. The van der Waals surface area contributed by atoms with E-state index in [4.69, 9.17) is 4.74 Å². The molecule has 0 aliphatic carbocycles. The van der Waals surface area contributed by atoms with Crippen molar-refractivity contribution in [1.29, 1.82) is 0 Å². The van der Waals surface area contributed by atoms with Crippen molar-refractivity contribution in [3.05, 3.63) is 53.6 Å². The molecule has 4 rings (SSSR count). The number of hydrogen-bond donors (Lipinski definition) is 1. The molecule has 1 saturated heterocycles. The van der Waals surface area contributed by atoms with Crippen molar-refractivity contribution in [2.75, 3.05) is 38.1 Å². The average Bonchev–Trinajstić information content (AvgIpc) is 3.25. The highest BCUT2D eigenvalue weighted by Crippen LogP contribution is 2.29.